The molecular formula is C20H23ClFN5. The zero-order chi connectivity index (χ0) is 19.2. The summed E-state index contributed by atoms with van der Waals surface area (Å²) in [7, 11) is 0. The van der Waals surface area contributed by atoms with E-state index in [1.54, 1.807) is 18.5 Å². The summed E-state index contributed by atoms with van der Waals surface area (Å²) in [5, 5.41) is 4.66. The van der Waals surface area contributed by atoms with Crippen LogP contribution in [0, 0.1) is 17.2 Å². The Morgan fingerprint density at radius 1 is 1.26 bits per heavy atom. The number of nitrogens with one attached hydrogen (secondary N) is 2. The van der Waals surface area contributed by atoms with E-state index in [1.807, 2.05) is 0 Å². The van der Waals surface area contributed by atoms with Gasteiger partial charge >= 0.3 is 0 Å². The standard InChI is InChI=1S/C20H23ClFN5/c1-11-4-13(7-20(2,3)6-11)26-19-16(22)10-25-18(27-19)15-9-24-17-14(15)5-12(21)8-23-17/h5,8-11,13H,4,6-7H2,1-3H3,(H,23,24)(H,25,26,27)/t11-,13+/m0/s1. The lowest BCUT2D eigenvalue weighted by molar-refractivity contribution is 0.177. The van der Waals surface area contributed by atoms with Gasteiger partial charge in [0.25, 0.3) is 0 Å². The first-order chi connectivity index (χ1) is 12.8. The van der Waals surface area contributed by atoms with Crippen LogP contribution in [0.1, 0.15) is 40.0 Å². The van der Waals surface area contributed by atoms with Crippen LogP contribution in [-0.4, -0.2) is 26.0 Å². The number of pyridine rings is 1. The molecule has 0 radical (unpaired) electrons. The van der Waals surface area contributed by atoms with Crippen LogP contribution in [-0.2, 0) is 0 Å². The topological polar surface area (TPSA) is 66.5 Å². The second-order valence-electron chi connectivity index (χ2n) is 8.40. The summed E-state index contributed by atoms with van der Waals surface area (Å²) in [6, 6.07) is 2.00. The molecule has 2 N–H and O–H groups in total. The Morgan fingerprint density at radius 3 is 2.85 bits per heavy atom. The van der Waals surface area contributed by atoms with Gasteiger partial charge in [0.05, 0.1) is 11.2 Å². The maximum atomic E-state index is 14.4. The number of aromatic amines is 1. The molecule has 1 aliphatic carbocycles. The van der Waals surface area contributed by atoms with Crippen molar-refractivity contribution in [3.05, 3.63) is 35.5 Å². The Balaban J connectivity index is 1.66. The van der Waals surface area contributed by atoms with Gasteiger partial charge < -0.3 is 10.3 Å². The van der Waals surface area contributed by atoms with Gasteiger partial charge in [-0.15, -0.1) is 0 Å². The van der Waals surface area contributed by atoms with Crippen LogP contribution in [0.3, 0.4) is 0 Å². The van der Waals surface area contributed by atoms with E-state index >= 15 is 0 Å². The lowest BCUT2D eigenvalue weighted by Gasteiger charge is -2.39. The molecule has 0 aromatic carbocycles. The van der Waals surface area contributed by atoms with Crippen LogP contribution in [0.5, 0.6) is 0 Å². The fourth-order valence-electron chi connectivity index (χ4n) is 4.41. The highest BCUT2D eigenvalue weighted by molar-refractivity contribution is 6.31. The van der Waals surface area contributed by atoms with E-state index in [-0.39, 0.29) is 17.3 Å². The number of nitrogens with zero attached hydrogens (tertiary/aromatic N) is 3. The van der Waals surface area contributed by atoms with Crippen LogP contribution in [0.2, 0.25) is 5.02 Å². The predicted molar refractivity (Wildman–Crippen MR) is 106 cm³/mol. The van der Waals surface area contributed by atoms with Gasteiger partial charge in [-0.3, -0.25) is 0 Å². The van der Waals surface area contributed by atoms with Crippen molar-refractivity contribution in [2.45, 2.75) is 46.1 Å². The molecule has 0 aliphatic heterocycles. The molecule has 0 bridgehead atoms. The fraction of sp³-hybridized carbons (Fsp3) is 0.450. The minimum Gasteiger partial charge on any atom is -0.365 e. The third-order valence-corrected chi connectivity index (χ3v) is 5.42. The average Bonchev–Trinajstić information content (AvgIpc) is 2.98. The average molecular weight is 388 g/mol. The maximum absolute atomic E-state index is 14.4. The molecule has 142 valence electrons. The van der Waals surface area contributed by atoms with Crippen molar-refractivity contribution in [2.75, 3.05) is 5.32 Å². The van der Waals surface area contributed by atoms with Gasteiger partial charge in [0.1, 0.15) is 5.65 Å². The lowest BCUT2D eigenvalue weighted by atomic mass is 9.70. The molecule has 7 heteroatoms. The van der Waals surface area contributed by atoms with E-state index in [0.29, 0.717) is 22.4 Å². The molecule has 4 rings (SSSR count). The van der Waals surface area contributed by atoms with Crippen LogP contribution < -0.4 is 5.32 Å². The highest BCUT2D eigenvalue weighted by Gasteiger charge is 2.32. The molecule has 0 unspecified atom stereocenters. The van der Waals surface area contributed by atoms with Crippen molar-refractivity contribution in [2.24, 2.45) is 11.3 Å². The quantitative estimate of drug-likeness (QED) is 0.628. The molecular weight excluding hydrogens is 365 g/mol. The molecule has 0 amide bonds. The number of hydrogen-bond acceptors (Lipinski definition) is 4. The van der Waals surface area contributed by atoms with Crippen molar-refractivity contribution in [3.8, 4) is 11.4 Å². The minimum absolute atomic E-state index is 0.195. The first-order valence-electron chi connectivity index (χ1n) is 9.23. The van der Waals surface area contributed by atoms with E-state index < -0.39 is 5.82 Å². The zero-order valence-electron chi connectivity index (χ0n) is 15.7. The van der Waals surface area contributed by atoms with Crippen LogP contribution >= 0.6 is 11.6 Å². The SMILES string of the molecule is C[C@H]1C[C@@H](Nc2nc(-c3c[nH]c4ncc(Cl)cc34)ncc2F)CC(C)(C)C1. The fourth-order valence-corrected chi connectivity index (χ4v) is 4.57. The lowest BCUT2D eigenvalue weighted by Crippen LogP contribution is -2.36. The molecule has 2 atom stereocenters. The number of anilines is 1. The van der Waals surface area contributed by atoms with E-state index in [4.69, 9.17) is 11.6 Å². The van der Waals surface area contributed by atoms with Gasteiger partial charge in [-0.05, 0) is 36.7 Å². The molecule has 1 saturated carbocycles. The summed E-state index contributed by atoms with van der Waals surface area (Å²) in [4.78, 5) is 16.0. The summed E-state index contributed by atoms with van der Waals surface area (Å²) < 4.78 is 14.4. The highest BCUT2D eigenvalue weighted by atomic mass is 35.5. The van der Waals surface area contributed by atoms with Crippen molar-refractivity contribution < 1.29 is 4.39 Å². The van der Waals surface area contributed by atoms with Gasteiger partial charge in [0.2, 0.25) is 0 Å². The largest absolute Gasteiger partial charge is 0.365 e. The number of rotatable bonds is 3. The van der Waals surface area contributed by atoms with E-state index in [2.05, 4.69) is 46.0 Å². The predicted octanol–water partition coefficient (Wildman–Crippen LogP) is 5.44. The normalized spacial score (nSPS) is 22.1. The molecule has 1 aliphatic rings. The zero-order valence-corrected chi connectivity index (χ0v) is 16.4. The molecule has 5 nitrogen and oxygen atoms in total. The molecule has 3 aromatic heterocycles. The summed E-state index contributed by atoms with van der Waals surface area (Å²) >= 11 is 6.07. The number of fused-ring (bicyclic) bond motifs is 1. The molecule has 27 heavy (non-hydrogen) atoms. The van der Waals surface area contributed by atoms with Crippen molar-refractivity contribution in [3.63, 3.8) is 0 Å². The third-order valence-electron chi connectivity index (χ3n) is 5.21. The molecule has 1 fully saturated rings. The Bertz CT molecular complexity index is 984. The van der Waals surface area contributed by atoms with Gasteiger partial charge in [-0.1, -0.05) is 32.4 Å². The van der Waals surface area contributed by atoms with Crippen LogP contribution in [0.25, 0.3) is 22.4 Å². The number of H-pyrrole nitrogens is 1. The smallest absolute Gasteiger partial charge is 0.183 e. The summed E-state index contributed by atoms with van der Waals surface area (Å²) in [5.74, 6) is 0.847. The van der Waals surface area contributed by atoms with Gasteiger partial charge in [0.15, 0.2) is 17.5 Å². The highest BCUT2D eigenvalue weighted by Crippen LogP contribution is 2.39. The molecule has 3 heterocycles. The second kappa shape index (κ2) is 6.75. The summed E-state index contributed by atoms with van der Waals surface area (Å²) in [5.41, 5.74) is 1.68. The second-order valence-corrected chi connectivity index (χ2v) is 8.83. The monoisotopic (exact) mass is 387 g/mol. The Kier molecular flexibility index (Phi) is 4.54. The van der Waals surface area contributed by atoms with Gasteiger partial charge in [-0.2, -0.15) is 0 Å². The number of hydrogen-bond donors (Lipinski definition) is 2. The molecule has 0 spiro atoms. The third kappa shape index (κ3) is 3.76. The Morgan fingerprint density at radius 2 is 2.07 bits per heavy atom. The van der Waals surface area contributed by atoms with Gasteiger partial charge in [-0.25, -0.2) is 19.3 Å². The first-order valence-corrected chi connectivity index (χ1v) is 9.60. The number of aromatic nitrogens is 4. The van der Waals surface area contributed by atoms with Crippen molar-refractivity contribution >= 4 is 28.5 Å². The first kappa shape index (κ1) is 18.2. The van der Waals surface area contributed by atoms with Crippen molar-refractivity contribution in [1.82, 2.24) is 19.9 Å². The van der Waals surface area contributed by atoms with Gasteiger partial charge in [0, 0.05) is 29.4 Å². The maximum Gasteiger partial charge on any atom is 0.183 e. The van der Waals surface area contributed by atoms with E-state index in [1.165, 1.54) is 12.6 Å². The Labute approximate surface area is 162 Å². The van der Waals surface area contributed by atoms with Crippen molar-refractivity contribution in [1.29, 1.82) is 0 Å². The van der Waals surface area contributed by atoms with E-state index in [0.717, 1.165) is 23.8 Å². The van der Waals surface area contributed by atoms with E-state index in [9.17, 15) is 4.39 Å². The summed E-state index contributed by atoms with van der Waals surface area (Å²) in [6.45, 7) is 6.78. The summed E-state index contributed by atoms with van der Waals surface area (Å²) in [6.07, 6.45) is 7.76. The van der Waals surface area contributed by atoms with Crippen LogP contribution in [0.15, 0.2) is 24.7 Å². The van der Waals surface area contributed by atoms with Crippen LogP contribution in [0.4, 0.5) is 10.2 Å². The molecule has 0 saturated heterocycles. The number of halogens is 2. The minimum atomic E-state index is -0.439. The molecule has 3 aromatic rings. The Hall–Kier alpha value is -2.21.